The number of aromatic hydroxyl groups is 2. The molecule has 0 bridgehead atoms. The number of unbranched alkanes of at least 4 members (excludes halogenated alkanes) is 6. The van der Waals surface area contributed by atoms with E-state index in [4.69, 9.17) is 4.74 Å². The van der Waals surface area contributed by atoms with Crippen LogP contribution in [0.2, 0.25) is 0 Å². The first-order chi connectivity index (χ1) is 14.2. The maximum atomic E-state index is 10.6. The molecule has 2 N–H and O–H groups in total. The highest BCUT2D eigenvalue weighted by atomic mass is 16.5. The van der Waals surface area contributed by atoms with E-state index in [1.807, 2.05) is 0 Å². The molecule has 0 unspecified atom stereocenters. The van der Waals surface area contributed by atoms with Crippen molar-refractivity contribution in [3.05, 3.63) is 23.3 Å². The largest absolute Gasteiger partial charge is 0.508 e. The lowest BCUT2D eigenvalue weighted by Gasteiger charge is -2.17. The van der Waals surface area contributed by atoms with Crippen molar-refractivity contribution in [3.63, 3.8) is 0 Å². The molecular weight excluding hydrogens is 376 g/mol. The van der Waals surface area contributed by atoms with Crippen LogP contribution >= 0.6 is 0 Å². The maximum Gasteiger partial charge on any atom is 0.293 e. The van der Waals surface area contributed by atoms with Gasteiger partial charge >= 0.3 is 0 Å². The second kappa shape index (κ2) is 11.6. The molecule has 0 aromatic heterocycles. The molecule has 170 valence electrons. The van der Waals surface area contributed by atoms with Crippen molar-refractivity contribution in [1.29, 1.82) is 0 Å². The number of aryl methyl sites for hydroxylation is 2. The molecule has 2 rings (SSSR count). The van der Waals surface area contributed by atoms with Gasteiger partial charge in [0.15, 0.2) is 0 Å². The molecular formula is C26H42O4. The van der Waals surface area contributed by atoms with Gasteiger partial charge in [0.25, 0.3) is 6.47 Å². The summed E-state index contributed by atoms with van der Waals surface area (Å²) < 4.78 is 5.19. The Bertz CT molecular complexity index is 656. The minimum atomic E-state index is -0.146. The number of phenolic OH excluding ortho intramolecular Hbond substituents is 2. The lowest BCUT2D eigenvalue weighted by atomic mass is 9.89. The number of carbonyl (C=O) groups excluding carboxylic acids is 1. The fourth-order valence-corrected chi connectivity index (χ4v) is 4.23. The van der Waals surface area contributed by atoms with Crippen LogP contribution in [0, 0.1) is 5.41 Å². The fraction of sp³-hybridized carbons (Fsp3) is 0.731. The topological polar surface area (TPSA) is 66.8 Å². The van der Waals surface area contributed by atoms with Crippen LogP contribution in [0.15, 0.2) is 12.1 Å². The second-order valence-electron chi connectivity index (χ2n) is 10.4. The number of ether oxygens (including phenoxy) is 1. The minimum Gasteiger partial charge on any atom is -0.508 e. The van der Waals surface area contributed by atoms with Gasteiger partial charge in [-0.05, 0) is 86.5 Å². The van der Waals surface area contributed by atoms with Crippen LogP contribution in [0.25, 0.3) is 0 Å². The minimum absolute atomic E-state index is 0.146. The molecule has 30 heavy (non-hydrogen) atoms. The lowest BCUT2D eigenvalue weighted by molar-refractivity contribution is -0.135. The molecule has 1 aliphatic carbocycles. The lowest BCUT2D eigenvalue weighted by Crippen LogP contribution is -2.12. The zero-order valence-corrected chi connectivity index (χ0v) is 19.3. The van der Waals surface area contributed by atoms with E-state index in [1.54, 1.807) is 12.1 Å². The van der Waals surface area contributed by atoms with E-state index in [0.29, 0.717) is 17.6 Å². The summed E-state index contributed by atoms with van der Waals surface area (Å²) >= 11 is 0. The van der Waals surface area contributed by atoms with Crippen molar-refractivity contribution in [1.82, 2.24) is 0 Å². The van der Waals surface area contributed by atoms with Crippen molar-refractivity contribution < 1.29 is 19.7 Å². The van der Waals surface area contributed by atoms with E-state index in [0.717, 1.165) is 81.8 Å². The van der Waals surface area contributed by atoms with Gasteiger partial charge in [0.2, 0.25) is 0 Å². The number of hydrogen-bond acceptors (Lipinski definition) is 4. The number of hydrogen-bond donors (Lipinski definition) is 2. The first-order valence-electron chi connectivity index (χ1n) is 11.9. The second-order valence-corrected chi connectivity index (χ2v) is 10.4. The Hall–Kier alpha value is -1.71. The van der Waals surface area contributed by atoms with Gasteiger partial charge in [0, 0.05) is 0 Å². The predicted molar refractivity (Wildman–Crippen MR) is 122 cm³/mol. The molecule has 4 heteroatoms. The van der Waals surface area contributed by atoms with Gasteiger partial charge in [0.1, 0.15) is 17.1 Å². The van der Waals surface area contributed by atoms with E-state index in [-0.39, 0.29) is 11.4 Å². The number of benzene rings is 1. The third kappa shape index (κ3) is 8.97. The molecule has 4 nitrogen and oxygen atoms in total. The molecule has 0 amide bonds. The molecule has 1 aliphatic rings. The van der Waals surface area contributed by atoms with Gasteiger partial charge in [-0.1, -0.05) is 52.9 Å². The van der Waals surface area contributed by atoms with E-state index >= 15 is 0 Å². The van der Waals surface area contributed by atoms with Crippen molar-refractivity contribution >= 4 is 6.47 Å². The summed E-state index contributed by atoms with van der Waals surface area (Å²) in [6, 6.07) is 3.43. The van der Waals surface area contributed by atoms with E-state index in [2.05, 4.69) is 20.8 Å². The Morgan fingerprint density at radius 3 is 1.93 bits per heavy atom. The predicted octanol–water partition coefficient (Wildman–Crippen LogP) is 6.84. The van der Waals surface area contributed by atoms with Crippen LogP contribution in [0.3, 0.4) is 0 Å². The summed E-state index contributed by atoms with van der Waals surface area (Å²) in [5.41, 5.74) is 2.00. The first kappa shape index (κ1) is 24.6. The van der Waals surface area contributed by atoms with Gasteiger partial charge in [-0.2, -0.15) is 0 Å². The highest BCUT2D eigenvalue weighted by Gasteiger charge is 2.44. The van der Waals surface area contributed by atoms with Crippen LogP contribution in [0.1, 0.15) is 109 Å². The van der Waals surface area contributed by atoms with Gasteiger partial charge in [-0.25, -0.2) is 0 Å². The van der Waals surface area contributed by atoms with E-state index in [9.17, 15) is 15.0 Å². The van der Waals surface area contributed by atoms with Crippen LogP contribution in [-0.2, 0) is 22.4 Å². The van der Waals surface area contributed by atoms with E-state index < -0.39 is 0 Å². The summed E-state index contributed by atoms with van der Waals surface area (Å²) in [5, 5.41) is 20.7. The summed E-state index contributed by atoms with van der Waals surface area (Å²) in [4.78, 5) is 10.5. The average Bonchev–Trinajstić information content (AvgIpc) is 3.43. The zero-order valence-electron chi connectivity index (χ0n) is 19.3. The van der Waals surface area contributed by atoms with Gasteiger partial charge < -0.3 is 14.9 Å². The van der Waals surface area contributed by atoms with Crippen molar-refractivity contribution in [2.24, 2.45) is 5.41 Å². The Kier molecular flexibility index (Phi) is 9.51. The highest BCUT2D eigenvalue weighted by Crippen LogP contribution is 2.43. The molecule has 0 radical (unpaired) electrons. The Labute approximate surface area is 183 Å². The number of phenols is 2. The molecule has 0 aliphatic heterocycles. The number of carbonyl (C=O) groups is 1. The Morgan fingerprint density at radius 2 is 1.43 bits per heavy atom. The standard InChI is InChI=1S/C26H42O4/c1-25(2,3)14-10-6-4-8-12-21-18-23(28)19-22(24(21)29)13-9-5-7-11-15-26(16-17-26)30-20-27/h18-20,28-29H,4-17H2,1-3H3. The highest BCUT2D eigenvalue weighted by molar-refractivity contribution is 5.46. The van der Waals surface area contributed by atoms with Crippen LogP contribution in [0.4, 0.5) is 0 Å². The van der Waals surface area contributed by atoms with Gasteiger partial charge in [-0.15, -0.1) is 0 Å². The fourth-order valence-electron chi connectivity index (χ4n) is 4.23. The Balaban J connectivity index is 1.67. The van der Waals surface area contributed by atoms with Crippen LogP contribution in [0.5, 0.6) is 11.5 Å². The molecule has 0 spiro atoms. The summed E-state index contributed by atoms with van der Waals surface area (Å²) in [6.07, 6.45) is 14.8. The maximum absolute atomic E-state index is 10.6. The third-order valence-electron chi connectivity index (χ3n) is 6.31. The first-order valence-corrected chi connectivity index (χ1v) is 11.9. The zero-order chi connectivity index (χ0) is 22.0. The van der Waals surface area contributed by atoms with Crippen molar-refractivity contribution in [3.8, 4) is 11.5 Å². The summed E-state index contributed by atoms with van der Waals surface area (Å²) in [5.74, 6) is 0.631. The quantitative estimate of drug-likeness (QED) is 0.186. The van der Waals surface area contributed by atoms with Crippen molar-refractivity contribution in [2.45, 2.75) is 116 Å². The summed E-state index contributed by atoms with van der Waals surface area (Å²) in [6.45, 7) is 7.43. The molecule has 0 heterocycles. The van der Waals surface area contributed by atoms with Gasteiger partial charge in [-0.3, -0.25) is 4.79 Å². The van der Waals surface area contributed by atoms with Crippen LogP contribution in [-0.4, -0.2) is 22.3 Å². The number of rotatable bonds is 15. The molecule has 1 aromatic rings. The smallest absolute Gasteiger partial charge is 0.293 e. The van der Waals surface area contributed by atoms with E-state index in [1.165, 1.54) is 19.3 Å². The van der Waals surface area contributed by atoms with Crippen molar-refractivity contribution in [2.75, 3.05) is 0 Å². The molecule has 0 saturated heterocycles. The third-order valence-corrected chi connectivity index (χ3v) is 6.31. The summed E-state index contributed by atoms with van der Waals surface area (Å²) in [7, 11) is 0. The molecule has 1 saturated carbocycles. The SMILES string of the molecule is CC(C)(C)CCCCCCc1cc(O)cc(CCCCCCC2(OC=O)CC2)c1O. The molecule has 0 atom stereocenters. The molecule has 1 aromatic carbocycles. The van der Waals surface area contributed by atoms with Crippen LogP contribution < -0.4 is 0 Å². The van der Waals surface area contributed by atoms with Gasteiger partial charge in [0.05, 0.1) is 0 Å². The monoisotopic (exact) mass is 418 g/mol. The Morgan fingerprint density at radius 1 is 0.900 bits per heavy atom. The molecule has 1 fully saturated rings. The normalized spacial score (nSPS) is 15.2. The average molecular weight is 419 g/mol.